The van der Waals surface area contributed by atoms with Gasteiger partial charge in [0.15, 0.2) is 5.78 Å². The molecule has 5 rings (SSSR count). The second-order valence-electron chi connectivity index (χ2n) is 13.5. The predicted octanol–water partition coefficient (Wildman–Crippen LogP) is 6.08. The van der Waals surface area contributed by atoms with Gasteiger partial charge in [0.25, 0.3) is 0 Å². The van der Waals surface area contributed by atoms with E-state index in [0.29, 0.717) is 19.6 Å². The van der Waals surface area contributed by atoms with E-state index >= 15 is 0 Å². The van der Waals surface area contributed by atoms with Gasteiger partial charge in [0, 0.05) is 61.8 Å². The first-order valence-corrected chi connectivity index (χ1v) is 17.1. The molecular formula is C39H50N4O4. The number of aryl methyl sites for hydroxylation is 1. The number of ketones is 2. The Kier molecular flexibility index (Phi) is 11.6. The lowest BCUT2D eigenvalue weighted by Crippen LogP contribution is -2.58. The van der Waals surface area contributed by atoms with E-state index in [-0.39, 0.29) is 41.8 Å². The van der Waals surface area contributed by atoms with E-state index < -0.39 is 6.23 Å². The smallest absolute Gasteiger partial charge is 0.224 e. The van der Waals surface area contributed by atoms with E-state index in [4.69, 9.17) is 0 Å². The Morgan fingerprint density at radius 2 is 1.55 bits per heavy atom. The average molecular weight is 639 g/mol. The van der Waals surface area contributed by atoms with Crippen LogP contribution in [0.4, 0.5) is 11.4 Å². The molecule has 3 aromatic carbocycles. The quantitative estimate of drug-likeness (QED) is 0.207. The van der Waals surface area contributed by atoms with E-state index in [1.54, 1.807) is 0 Å². The number of aliphatic hydroxyl groups excluding tert-OH is 1. The van der Waals surface area contributed by atoms with Gasteiger partial charge in [-0.2, -0.15) is 0 Å². The number of para-hydroxylation sites is 1. The first-order chi connectivity index (χ1) is 22.6. The van der Waals surface area contributed by atoms with Crippen molar-refractivity contribution in [3.63, 3.8) is 0 Å². The number of carbonyl (C=O) groups excluding carboxylic acids is 3. The third kappa shape index (κ3) is 8.74. The number of piperidine rings is 1. The molecule has 2 saturated heterocycles. The molecule has 3 aromatic rings. The zero-order valence-corrected chi connectivity index (χ0v) is 28.2. The highest BCUT2D eigenvalue weighted by atomic mass is 16.3. The summed E-state index contributed by atoms with van der Waals surface area (Å²) in [6, 6.07) is 26.1. The molecule has 47 heavy (non-hydrogen) atoms. The van der Waals surface area contributed by atoms with Gasteiger partial charge in [-0.05, 0) is 69.0 Å². The van der Waals surface area contributed by atoms with Gasteiger partial charge in [-0.25, -0.2) is 0 Å². The first-order valence-electron chi connectivity index (χ1n) is 17.1. The monoisotopic (exact) mass is 638 g/mol. The number of anilines is 2. The van der Waals surface area contributed by atoms with Crippen LogP contribution >= 0.6 is 0 Å². The minimum atomic E-state index is -0.597. The number of hydrogen-bond donors (Lipinski definition) is 2. The number of carbonyl (C=O) groups is 3. The number of aliphatic hydroxyl groups is 1. The van der Waals surface area contributed by atoms with Gasteiger partial charge in [0.05, 0.1) is 12.2 Å². The summed E-state index contributed by atoms with van der Waals surface area (Å²) in [5, 5.41) is 14.8. The number of Topliss-reactive ketones (excluding diaryl/α,β-unsaturated/α-hetero) is 2. The summed E-state index contributed by atoms with van der Waals surface area (Å²) >= 11 is 0. The van der Waals surface area contributed by atoms with Crippen molar-refractivity contribution in [3.05, 3.63) is 95.6 Å². The molecule has 8 heteroatoms. The lowest BCUT2D eigenvalue weighted by Gasteiger charge is -2.47. The second-order valence-corrected chi connectivity index (χ2v) is 13.5. The van der Waals surface area contributed by atoms with Crippen LogP contribution in [-0.2, 0) is 16.0 Å². The largest absolute Gasteiger partial charge is 0.376 e. The van der Waals surface area contributed by atoms with Crippen LogP contribution in [0.1, 0.15) is 73.9 Å². The van der Waals surface area contributed by atoms with Crippen molar-refractivity contribution in [2.45, 2.75) is 77.5 Å². The van der Waals surface area contributed by atoms with E-state index in [1.165, 1.54) is 0 Å². The zero-order valence-electron chi connectivity index (χ0n) is 28.2. The fourth-order valence-corrected chi connectivity index (χ4v) is 6.83. The van der Waals surface area contributed by atoms with Crippen LogP contribution in [0.15, 0.2) is 78.9 Å². The summed E-state index contributed by atoms with van der Waals surface area (Å²) in [5.74, 6) is 0.0847. The molecule has 0 aliphatic carbocycles. The van der Waals surface area contributed by atoms with Gasteiger partial charge in [0.1, 0.15) is 12.0 Å². The van der Waals surface area contributed by atoms with Crippen LogP contribution < -0.4 is 10.2 Å². The molecule has 1 amide bonds. The molecule has 250 valence electrons. The van der Waals surface area contributed by atoms with Crippen molar-refractivity contribution in [3.8, 4) is 0 Å². The van der Waals surface area contributed by atoms with E-state index in [0.717, 1.165) is 73.4 Å². The first kappa shape index (κ1) is 34.5. The number of benzene rings is 3. The maximum Gasteiger partial charge on any atom is 0.224 e. The van der Waals surface area contributed by atoms with Crippen molar-refractivity contribution < 1.29 is 19.5 Å². The van der Waals surface area contributed by atoms with Crippen LogP contribution in [0.2, 0.25) is 0 Å². The standard InChI is InChI=1S/C39H50N4O4/c1-29(2)35(44)19-20-37(46)40-33-17-13-31(14-18-33)21-25-42-28-43(34-8-5-4-6-9-34)39(38(42)47)22-26-41(27-23-39)24-7-10-36(45)32-15-11-30(3)12-16-32/h4-6,8-9,11-18,29,38,47H,7,10,19-28H2,1-3H3,(H,40,46). The number of hydrogen-bond acceptors (Lipinski definition) is 7. The van der Waals surface area contributed by atoms with E-state index in [2.05, 4.69) is 44.3 Å². The highest BCUT2D eigenvalue weighted by Gasteiger charge is 2.53. The Morgan fingerprint density at radius 1 is 0.872 bits per heavy atom. The van der Waals surface area contributed by atoms with Gasteiger partial charge in [-0.1, -0.05) is 74.0 Å². The number of nitrogens with zero attached hydrogens (tertiary/aromatic N) is 3. The highest BCUT2D eigenvalue weighted by Crippen LogP contribution is 2.42. The van der Waals surface area contributed by atoms with Crippen molar-refractivity contribution in [2.24, 2.45) is 5.92 Å². The van der Waals surface area contributed by atoms with Crippen molar-refractivity contribution in [1.29, 1.82) is 0 Å². The molecule has 0 bridgehead atoms. The Morgan fingerprint density at radius 3 is 2.21 bits per heavy atom. The summed E-state index contributed by atoms with van der Waals surface area (Å²) in [4.78, 5) is 43.9. The molecule has 0 saturated carbocycles. The summed E-state index contributed by atoms with van der Waals surface area (Å²) in [6.07, 6.45) is 3.70. The van der Waals surface area contributed by atoms with Crippen molar-refractivity contribution >= 4 is 28.8 Å². The number of rotatable bonds is 14. The molecule has 0 radical (unpaired) electrons. The summed E-state index contributed by atoms with van der Waals surface area (Å²) in [5.41, 5.74) is 4.55. The predicted molar refractivity (Wildman–Crippen MR) is 188 cm³/mol. The SMILES string of the molecule is Cc1ccc(C(=O)CCCN2CCC3(CC2)C(O)N(CCc2ccc(NC(=O)CCC(=O)C(C)C)cc2)CN3c2ccccc2)cc1. The van der Waals surface area contributed by atoms with Gasteiger partial charge < -0.3 is 20.2 Å². The molecule has 2 fully saturated rings. The van der Waals surface area contributed by atoms with E-state index in [9.17, 15) is 19.5 Å². The van der Waals surface area contributed by atoms with Crippen LogP contribution in [-0.4, -0.2) is 77.0 Å². The van der Waals surface area contributed by atoms with Crippen molar-refractivity contribution in [2.75, 3.05) is 43.1 Å². The number of amides is 1. The molecule has 2 aliphatic rings. The zero-order chi connectivity index (χ0) is 33.4. The number of likely N-dealkylation sites (tertiary alicyclic amines) is 1. The normalized spacial score (nSPS) is 18.1. The topological polar surface area (TPSA) is 93.2 Å². The molecule has 1 atom stereocenters. The Balaban J connectivity index is 1.15. The van der Waals surface area contributed by atoms with Crippen LogP contribution in [0.5, 0.6) is 0 Å². The van der Waals surface area contributed by atoms with Crippen molar-refractivity contribution in [1.82, 2.24) is 9.80 Å². The average Bonchev–Trinajstić information content (AvgIpc) is 3.34. The van der Waals surface area contributed by atoms with Gasteiger partial charge in [-0.3, -0.25) is 19.3 Å². The van der Waals surface area contributed by atoms with Crippen LogP contribution in [0, 0.1) is 12.8 Å². The molecule has 2 heterocycles. The van der Waals surface area contributed by atoms with Gasteiger partial charge >= 0.3 is 0 Å². The Bertz CT molecular complexity index is 1480. The third-order valence-electron chi connectivity index (χ3n) is 9.90. The number of nitrogens with one attached hydrogen (secondary N) is 1. The minimum Gasteiger partial charge on any atom is -0.376 e. The molecule has 0 aromatic heterocycles. The highest BCUT2D eigenvalue weighted by molar-refractivity contribution is 5.96. The minimum absolute atomic E-state index is 0.0587. The Hall–Kier alpha value is -3.85. The molecule has 2 N–H and O–H groups in total. The molecule has 8 nitrogen and oxygen atoms in total. The maximum atomic E-state index is 12.7. The fraction of sp³-hybridized carbons (Fsp3) is 0.462. The lowest BCUT2D eigenvalue weighted by molar-refractivity contribution is -0.124. The van der Waals surface area contributed by atoms with Gasteiger partial charge in [-0.15, -0.1) is 0 Å². The van der Waals surface area contributed by atoms with Gasteiger partial charge in [0.2, 0.25) is 5.91 Å². The second kappa shape index (κ2) is 15.8. The summed E-state index contributed by atoms with van der Waals surface area (Å²) < 4.78 is 0. The van der Waals surface area contributed by atoms with Crippen LogP contribution in [0.3, 0.4) is 0 Å². The lowest BCUT2D eigenvalue weighted by atomic mass is 9.84. The molecular weight excluding hydrogens is 588 g/mol. The third-order valence-corrected chi connectivity index (χ3v) is 9.90. The molecule has 2 aliphatic heterocycles. The van der Waals surface area contributed by atoms with E-state index in [1.807, 2.05) is 75.4 Å². The fourth-order valence-electron chi connectivity index (χ4n) is 6.83. The van der Waals surface area contributed by atoms with Crippen LogP contribution in [0.25, 0.3) is 0 Å². The maximum absolute atomic E-state index is 12.7. The summed E-state index contributed by atoms with van der Waals surface area (Å²) in [6.45, 7) is 9.73. The molecule has 1 spiro atoms. The molecule has 1 unspecified atom stereocenters. The summed E-state index contributed by atoms with van der Waals surface area (Å²) in [7, 11) is 0. The Labute approximate surface area is 279 Å².